The highest BCUT2D eigenvalue weighted by Gasteiger charge is 2.26. The van der Waals surface area contributed by atoms with E-state index >= 15 is 0 Å². The number of carbonyl (C=O) groups is 1. The van der Waals surface area contributed by atoms with Crippen LogP contribution in [-0.4, -0.2) is 30.9 Å². The first-order chi connectivity index (χ1) is 4.25. The number of amides is 1. The van der Waals surface area contributed by atoms with Gasteiger partial charge in [-0.2, -0.15) is 0 Å². The summed E-state index contributed by atoms with van der Waals surface area (Å²) in [5, 5.41) is 0. The summed E-state index contributed by atoms with van der Waals surface area (Å²) in [6, 6.07) is 0. The smallest absolute Gasteiger partial charge is 0.226 e. The maximum absolute atomic E-state index is 11.0. The number of rotatable bonds is 1. The molecule has 0 aromatic carbocycles. The van der Waals surface area contributed by atoms with Gasteiger partial charge in [-0.3, -0.25) is 4.79 Å². The van der Waals surface area contributed by atoms with Gasteiger partial charge in [-0.1, -0.05) is 0 Å². The van der Waals surface area contributed by atoms with Crippen molar-refractivity contribution < 1.29 is 4.79 Å². The molecule has 0 radical (unpaired) electrons. The molecule has 1 aliphatic heterocycles. The van der Waals surface area contributed by atoms with Gasteiger partial charge in [0.1, 0.15) is 0 Å². The second kappa shape index (κ2) is 2.35. The number of hydrogen-bond acceptors (Lipinski definition) is 2. The average molecular weight is 128 g/mol. The molecule has 3 heteroatoms. The quantitative estimate of drug-likeness (QED) is 0.513. The first-order valence-electron chi connectivity index (χ1n) is 3.20. The van der Waals surface area contributed by atoms with Gasteiger partial charge in [-0.05, 0) is 6.42 Å². The zero-order valence-corrected chi connectivity index (χ0v) is 5.63. The van der Waals surface area contributed by atoms with Gasteiger partial charge in [-0.15, -0.1) is 0 Å². The third-order valence-corrected chi connectivity index (χ3v) is 1.82. The second-order valence-electron chi connectivity index (χ2n) is 2.48. The molecule has 52 valence electrons. The van der Waals surface area contributed by atoms with Crippen molar-refractivity contribution >= 4 is 5.91 Å². The molecule has 1 aliphatic rings. The average Bonchev–Trinajstić information content (AvgIpc) is 2.15. The second-order valence-corrected chi connectivity index (χ2v) is 2.48. The van der Waals surface area contributed by atoms with Crippen molar-refractivity contribution in [1.82, 2.24) is 4.90 Å². The lowest BCUT2D eigenvalue weighted by Crippen LogP contribution is -2.26. The Morgan fingerprint density at radius 3 is 2.78 bits per heavy atom. The van der Waals surface area contributed by atoms with Crippen molar-refractivity contribution in [2.24, 2.45) is 11.7 Å². The van der Waals surface area contributed by atoms with E-state index in [-0.39, 0.29) is 11.8 Å². The molecule has 1 rings (SSSR count). The predicted molar refractivity (Wildman–Crippen MR) is 34.8 cm³/mol. The fourth-order valence-corrected chi connectivity index (χ4v) is 1.11. The first kappa shape index (κ1) is 6.55. The molecule has 1 heterocycles. The van der Waals surface area contributed by atoms with E-state index in [9.17, 15) is 4.79 Å². The lowest BCUT2D eigenvalue weighted by Gasteiger charge is -2.06. The van der Waals surface area contributed by atoms with Crippen molar-refractivity contribution in [3.8, 4) is 0 Å². The molecule has 0 saturated carbocycles. The number of likely N-dealkylation sites (tertiary alicyclic amines) is 1. The van der Waals surface area contributed by atoms with Crippen molar-refractivity contribution in [1.29, 1.82) is 0 Å². The van der Waals surface area contributed by atoms with E-state index in [1.807, 2.05) is 7.05 Å². The van der Waals surface area contributed by atoms with E-state index in [0.717, 1.165) is 13.0 Å². The van der Waals surface area contributed by atoms with Crippen molar-refractivity contribution in [3.63, 3.8) is 0 Å². The molecule has 0 aromatic rings. The van der Waals surface area contributed by atoms with Crippen LogP contribution in [0.25, 0.3) is 0 Å². The molecule has 1 atom stereocenters. The molecule has 9 heavy (non-hydrogen) atoms. The minimum Gasteiger partial charge on any atom is -0.345 e. The van der Waals surface area contributed by atoms with Gasteiger partial charge in [-0.25, -0.2) is 0 Å². The number of hydrogen-bond donors (Lipinski definition) is 1. The Morgan fingerprint density at radius 1 is 1.89 bits per heavy atom. The molecule has 1 fully saturated rings. The van der Waals surface area contributed by atoms with E-state index in [0.29, 0.717) is 6.54 Å². The topological polar surface area (TPSA) is 46.3 Å². The Kier molecular flexibility index (Phi) is 1.71. The molecular weight excluding hydrogens is 116 g/mol. The van der Waals surface area contributed by atoms with Crippen molar-refractivity contribution in [2.45, 2.75) is 6.42 Å². The predicted octanol–water partition coefficient (Wildman–Crippen LogP) is -0.577. The highest BCUT2D eigenvalue weighted by atomic mass is 16.2. The summed E-state index contributed by atoms with van der Waals surface area (Å²) in [5.41, 5.74) is 5.34. The third-order valence-electron chi connectivity index (χ3n) is 1.82. The van der Waals surface area contributed by atoms with Gasteiger partial charge in [0.25, 0.3) is 0 Å². The lowest BCUT2D eigenvalue weighted by atomic mass is 10.1. The molecular formula is C6H12N2O. The van der Waals surface area contributed by atoms with Crippen LogP contribution in [0.5, 0.6) is 0 Å². The van der Waals surface area contributed by atoms with Crippen LogP contribution in [0.2, 0.25) is 0 Å². The summed E-state index contributed by atoms with van der Waals surface area (Å²) >= 11 is 0. The number of nitrogens with zero attached hydrogens (tertiary/aromatic N) is 1. The highest BCUT2D eigenvalue weighted by molar-refractivity contribution is 5.80. The Hall–Kier alpha value is -0.570. The molecule has 0 aliphatic carbocycles. The Balaban J connectivity index is 2.51. The molecule has 0 aromatic heterocycles. The zero-order chi connectivity index (χ0) is 6.85. The van der Waals surface area contributed by atoms with E-state index in [1.165, 1.54) is 0 Å². The van der Waals surface area contributed by atoms with Gasteiger partial charge >= 0.3 is 0 Å². The fourth-order valence-electron chi connectivity index (χ4n) is 1.11. The van der Waals surface area contributed by atoms with Gasteiger partial charge in [0.05, 0.1) is 5.92 Å². The Morgan fingerprint density at radius 2 is 2.56 bits per heavy atom. The summed E-state index contributed by atoms with van der Waals surface area (Å²) in [5.74, 6) is 0.312. The van der Waals surface area contributed by atoms with Gasteiger partial charge in [0, 0.05) is 20.1 Å². The van der Waals surface area contributed by atoms with Gasteiger partial charge in [0.2, 0.25) is 5.91 Å². The van der Waals surface area contributed by atoms with E-state index in [2.05, 4.69) is 0 Å². The molecule has 1 saturated heterocycles. The van der Waals surface area contributed by atoms with Crippen LogP contribution >= 0.6 is 0 Å². The SMILES string of the molecule is CN1CC[C@@H](CN)C1=O. The van der Waals surface area contributed by atoms with Crippen LogP contribution < -0.4 is 5.73 Å². The van der Waals surface area contributed by atoms with Crippen LogP contribution in [0.4, 0.5) is 0 Å². The van der Waals surface area contributed by atoms with Crippen molar-refractivity contribution in [2.75, 3.05) is 20.1 Å². The van der Waals surface area contributed by atoms with Crippen molar-refractivity contribution in [3.05, 3.63) is 0 Å². The molecule has 0 bridgehead atoms. The maximum Gasteiger partial charge on any atom is 0.226 e. The summed E-state index contributed by atoms with van der Waals surface area (Å²) in [6.07, 6.45) is 0.936. The summed E-state index contributed by atoms with van der Waals surface area (Å²) in [6.45, 7) is 1.38. The molecule has 3 nitrogen and oxygen atoms in total. The Labute approximate surface area is 54.8 Å². The molecule has 0 unspecified atom stereocenters. The largest absolute Gasteiger partial charge is 0.345 e. The summed E-state index contributed by atoms with van der Waals surface area (Å²) in [7, 11) is 1.82. The lowest BCUT2D eigenvalue weighted by molar-refractivity contribution is -0.129. The highest BCUT2D eigenvalue weighted by Crippen LogP contribution is 2.13. The maximum atomic E-state index is 11.0. The number of carbonyl (C=O) groups excluding carboxylic acids is 1. The van der Waals surface area contributed by atoms with Crippen LogP contribution in [0, 0.1) is 5.92 Å². The van der Waals surface area contributed by atoms with Gasteiger partial charge in [0.15, 0.2) is 0 Å². The monoisotopic (exact) mass is 128 g/mol. The Bertz CT molecular complexity index is 124. The zero-order valence-electron chi connectivity index (χ0n) is 5.63. The van der Waals surface area contributed by atoms with Crippen LogP contribution in [0.1, 0.15) is 6.42 Å². The number of nitrogens with two attached hydrogens (primary N) is 1. The van der Waals surface area contributed by atoms with E-state index < -0.39 is 0 Å². The standard InChI is InChI=1S/C6H12N2O/c1-8-3-2-5(4-7)6(8)9/h5H,2-4,7H2,1H3/t5-/m0/s1. The van der Waals surface area contributed by atoms with E-state index in [1.54, 1.807) is 4.90 Å². The van der Waals surface area contributed by atoms with Gasteiger partial charge < -0.3 is 10.6 Å². The minimum atomic E-state index is 0.106. The summed E-state index contributed by atoms with van der Waals surface area (Å²) in [4.78, 5) is 12.7. The van der Waals surface area contributed by atoms with Crippen LogP contribution in [0.3, 0.4) is 0 Å². The molecule has 1 amide bonds. The first-order valence-corrected chi connectivity index (χ1v) is 3.20. The van der Waals surface area contributed by atoms with Crippen LogP contribution in [0.15, 0.2) is 0 Å². The summed E-state index contributed by atoms with van der Waals surface area (Å²) < 4.78 is 0. The normalized spacial score (nSPS) is 27.6. The fraction of sp³-hybridized carbons (Fsp3) is 0.833. The molecule has 0 spiro atoms. The third kappa shape index (κ3) is 1.05. The minimum absolute atomic E-state index is 0.106. The van der Waals surface area contributed by atoms with Crippen LogP contribution in [-0.2, 0) is 4.79 Å². The molecule has 2 N–H and O–H groups in total. The van der Waals surface area contributed by atoms with E-state index in [4.69, 9.17) is 5.73 Å².